The fraction of sp³-hybridized carbons (Fsp3) is 0.263. The maximum absolute atomic E-state index is 12.6. The minimum absolute atomic E-state index is 0.0222. The van der Waals surface area contributed by atoms with Gasteiger partial charge in [-0.2, -0.15) is 0 Å². The summed E-state index contributed by atoms with van der Waals surface area (Å²) in [5, 5.41) is 9.82. The number of carbonyl (C=O) groups excluding carboxylic acids is 2. The lowest BCUT2D eigenvalue weighted by atomic mass is 10.1. The molecule has 2 aromatic rings. The molecule has 130 valence electrons. The Hall–Kier alpha value is -2.86. The third-order valence-electron chi connectivity index (χ3n) is 4.43. The SMILES string of the molecule is NCc1ccc(C(=O)N2CCN(C(=O)c3ccccc3O)CC2)cc1. The average molecular weight is 339 g/mol. The van der Waals surface area contributed by atoms with Crippen molar-refractivity contribution in [1.29, 1.82) is 0 Å². The highest BCUT2D eigenvalue weighted by Crippen LogP contribution is 2.19. The second-order valence-corrected chi connectivity index (χ2v) is 6.00. The van der Waals surface area contributed by atoms with Crippen LogP contribution in [0.1, 0.15) is 26.3 Å². The Kier molecular flexibility index (Phi) is 5.00. The summed E-state index contributed by atoms with van der Waals surface area (Å²) in [4.78, 5) is 28.4. The van der Waals surface area contributed by atoms with Crippen LogP contribution in [0, 0.1) is 0 Å². The highest BCUT2D eigenvalue weighted by molar-refractivity contribution is 5.97. The van der Waals surface area contributed by atoms with Gasteiger partial charge in [-0.3, -0.25) is 9.59 Å². The first-order chi connectivity index (χ1) is 12.1. The number of hydrogen-bond donors (Lipinski definition) is 2. The van der Waals surface area contributed by atoms with Crippen LogP contribution in [0.25, 0.3) is 0 Å². The molecule has 0 atom stereocenters. The lowest BCUT2D eigenvalue weighted by Gasteiger charge is -2.35. The molecule has 0 bridgehead atoms. The summed E-state index contributed by atoms with van der Waals surface area (Å²) < 4.78 is 0. The molecule has 0 spiro atoms. The van der Waals surface area contributed by atoms with E-state index in [0.717, 1.165) is 5.56 Å². The molecule has 2 aromatic carbocycles. The van der Waals surface area contributed by atoms with Crippen LogP contribution in [0.2, 0.25) is 0 Å². The van der Waals surface area contributed by atoms with Gasteiger partial charge in [0.15, 0.2) is 0 Å². The van der Waals surface area contributed by atoms with Crippen LogP contribution in [0.5, 0.6) is 5.75 Å². The molecular weight excluding hydrogens is 318 g/mol. The first-order valence-electron chi connectivity index (χ1n) is 8.25. The van der Waals surface area contributed by atoms with Crippen molar-refractivity contribution in [1.82, 2.24) is 9.80 Å². The van der Waals surface area contributed by atoms with Crippen molar-refractivity contribution in [3.05, 3.63) is 65.2 Å². The van der Waals surface area contributed by atoms with Gasteiger partial charge in [-0.05, 0) is 29.8 Å². The third-order valence-corrected chi connectivity index (χ3v) is 4.43. The van der Waals surface area contributed by atoms with Crippen molar-refractivity contribution in [2.24, 2.45) is 5.73 Å². The number of hydrogen-bond acceptors (Lipinski definition) is 4. The van der Waals surface area contributed by atoms with Crippen LogP contribution < -0.4 is 5.73 Å². The lowest BCUT2D eigenvalue weighted by molar-refractivity contribution is 0.0533. The normalized spacial score (nSPS) is 14.4. The van der Waals surface area contributed by atoms with E-state index in [1.165, 1.54) is 6.07 Å². The summed E-state index contributed by atoms with van der Waals surface area (Å²) in [7, 11) is 0. The third kappa shape index (κ3) is 3.64. The summed E-state index contributed by atoms with van der Waals surface area (Å²) in [6.45, 7) is 2.27. The molecule has 1 fully saturated rings. The largest absolute Gasteiger partial charge is 0.507 e. The van der Waals surface area contributed by atoms with Gasteiger partial charge < -0.3 is 20.6 Å². The molecule has 6 nitrogen and oxygen atoms in total. The first-order valence-corrected chi connectivity index (χ1v) is 8.25. The number of aromatic hydroxyl groups is 1. The molecule has 0 saturated carbocycles. The zero-order valence-electron chi connectivity index (χ0n) is 13.9. The maximum atomic E-state index is 12.6. The van der Waals surface area contributed by atoms with E-state index < -0.39 is 0 Å². The molecule has 0 aliphatic carbocycles. The molecule has 0 aromatic heterocycles. The second kappa shape index (κ2) is 7.36. The second-order valence-electron chi connectivity index (χ2n) is 6.00. The number of rotatable bonds is 3. The molecule has 1 aliphatic rings. The molecule has 1 aliphatic heterocycles. The molecule has 6 heteroatoms. The number of benzene rings is 2. The Morgan fingerprint density at radius 1 is 0.880 bits per heavy atom. The van der Waals surface area contributed by atoms with Gasteiger partial charge in [-0.25, -0.2) is 0 Å². The molecule has 3 rings (SSSR count). The summed E-state index contributed by atoms with van der Waals surface area (Å²) in [5.74, 6) is -0.276. The Bertz CT molecular complexity index is 766. The smallest absolute Gasteiger partial charge is 0.257 e. The molecule has 25 heavy (non-hydrogen) atoms. The van der Waals surface area contributed by atoms with Gasteiger partial charge in [0, 0.05) is 38.3 Å². The van der Waals surface area contributed by atoms with Crippen LogP contribution in [-0.4, -0.2) is 52.9 Å². The number of piperazine rings is 1. The summed E-state index contributed by atoms with van der Waals surface area (Å²) >= 11 is 0. The van der Waals surface area contributed by atoms with Crippen molar-refractivity contribution in [2.45, 2.75) is 6.54 Å². The van der Waals surface area contributed by atoms with Gasteiger partial charge in [0.25, 0.3) is 11.8 Å². The van der Waals surface area contributed by atoms with Crippen molar-refractivity contribution in [2.75, 3.05) is 26.2 Å². The molecular formula is C19H21N3O3. The van der Waals surface area contributed by atoms with Crippen LogP contribution >= 0.6 is 0 Å². The average Bonchev–Trinajstić information content (AvgIpc) is 2.67. The quantitative estimate of drug-likeness (QED) is 0.886. The van der Waals surface area contributed by atoms with E-state index in [2.05, 4.69) is 0 Å². The highest BCUT2D eigenvalue weighted by atomic mass is 16.3. The van der Waals surface area contributed by atoms with E-state index in [4.69, 9.17) is 5.73 Å². The summed E-state index contributed by atoms with van der Waals surface area (Å²) in [5.41, 5.74) is 7.47. The van der Waals surface area contributed by atoms with Gasteiger partial charge in [0.2, 0.25) is 0 Å². The fourth-order valence-corrected chi connectivity index (χ4v) is 2.90. The van der Waals surface area contributed by atoms with Crippen molar-refractivity contribution >= 4 is 11.8 Å². The number of amides is 2. The number of para-hydroxylation sites is 1. The van der Waals surface area contributed by atoms with Crippen molar-refractivity contribution < 1.29 is 14.7 Å². The Labute approximate surface area is 146 Å². The highest BCUT2D eigenvalue weighted by Gasteiger charge is 2.26. The van der Waals surface area contributed by atoms with Gasteiger partial charge in [-0.15, -0.1) is 0 Å². The monoisotopic (exact) mass is 339 g/mol. The molecule has 0 unspecified atom stereocenters. The maximum Gasteiger partial charge on any atom is 0.257 e. The van der Waals surface area contributed by atoms with Gasteiger partial charge in [-0.1, -0.05) is 24.3 Å². The molecule has 1 saturated heterocycles. The number of phenolic OH excluding ortho intramolecular Hbond substituents is 1. The van der Waals surface area contributed by atoms with Crippen molar-refractivity contribution in [3.8, 4) is 5.75 Å². The van der Waals surface area contributed by atoms with Crippen LogP contribution in [0.15, 0.2) is 48.5 Å². The van der Waals surface area contributed by atoms with Crippen LogP contribution in [0.3, 0.4) is 0 Å². The molecule has 1 heterocycles. The minimum atomic E-state index is -0.211. The first kappa shape index (κ1) is 17.0. The van der Waals surface area contributed by atoms with E-state index in [0.29, 0.717) is 43.9 Å². The summed E-state index contributed by atoms with van der Waals surface area (Å²) in [6, 6.07) is 13.8. The molecule has 3 N–H and O–H groups in total. The Morgan fingerprint density at radius 2 is 1.44 bits per heavy atom. The topological polar surface area (TPSA) is 86.9 Å². The number of carbonyl (C=O) groups is 2. The summed E-state index contributed by atoms with van der Waals surface area (Å²) in [6.07, 6.45) is 0. The number of nitrogens with two attached hydrogens (primary N) is 1. The molecule has 0 radical (unpaired) electrons. The van der Waals surface area contributed by atoms with Crippen molar-refractivity contribution in [3.63, 3.8) is 0 Å². The number of phenols is 1. The Morgan fingerprint density at radius 3 is 2.00 bits per heavy atom. The number of nitrogens with zero attached hydrogens (tertiary/aromatic N) is 2. The van der Waals surface area contributed by atoms with Gasteiger partial charge >= 0.3 is 0 Å². The van der Waals surface area contributed by atoms with Crippen LogP contribution in [-0.2, 0) is 6.54 Å². The molecule has 2 amide bonds. The van der Waals surface area contributed by atoms with Gasteiger partial charge in [0.05, 0.1) is 5.56 Å². The predicted octanol–water partition coefficient (Wildman–Crippen LogP) is 1.45. The predicted molar refractivity (Wildman–Crippen MR) is 94.2 cm³/mol. The lowest BCUT2D eigenvalue weighted by Crippen LogP contribution is -2.50. The van der Waals surface area contributed by atoms with E-state index in [1.807, 2.05) is 12.1 Å². The Balaban J connectivity index is 1.62. The van der Waals surface area contributed by atoms with E-state index in [1.54, 1.807) is 40.1 Å². The fourth-order valence-electron chi connectivity index (χ4n) is 2.90. The van der Waals surface area contributed by atoms with E-state index >= 15 is 0 Å². The standard InChI is InChI=1S/C19H21N3O3/c20-13-14-5-7-15(8-6-14)18(24)21-9-11-22(12-10-21)19(25)16-3-1-2-4-17(16)23/h1-8,23H,9-13,20H2. The minimum Gasteiger partial charge on any atom is -0.507 e. The van der Waals surface area contributed by atoms with E-state index in [9.17, 15) is 14.7 Å². The van der Waals surface area contributed by atoms with Crippen LogP contribution in [0.4, 0.5) is 0 Å². The zero-order chi connectivity index (χ0) is 17.8. The van der Waals surface area contributed by atoms with E-state index in [-0.39, 0.29) is 17.6 Å². The zero-order valence-corrected chi connectivity index (χ0v) is 13.9. The van der Waals surface area contributed by atoms with Gasteiger partial charge in [0.1, 0.15) is 5.75 Å².